The second-order valence-corrected chi connectivity index (χ2v) is 8.47. The molecule has 1 atom stereocenters. The minimum atomic E-state index is -1.07. The average Bonchev–Trinajstić information content (AvgIpc) is 2.86. The number of aromatic hydroxyl groups is 1. The van der Waals surface area contributed by atoms with Crippen LogP contribution in [-0.2, 0) is 4.79 Å². The van der Waals surface area contributed by atoms with Crippen molar-refractivity contribution in [3.63, 3.8) is 0 Å². The van der Waals surface area contributed by atoms with E-state index in [1.165, 1.54) is 12.1 Å². The minimum absolute atomic E-state index is 0.0172. The number of nitrogens with one attached hydrogen (secondary N) is 2. The Balaban J connectivity index is 1.70. The Morgan fingerprint density at radius 2 is 1.67 bits per heavy atom. The van der Waals surface area contributed by atoms with E-state index in [0.717, 1.165) is 16.3 Å². The number of hydrazone groups is 1. The van der Waals surface area contributed by atoms with Crippen LogP contribution in [-0.4, -0.2) is 22.6 Å². The predicted octanol–water partition coefficient (Wildman–Crippen LogP) is 5.54. The lowest BCUT2D eigenvalue weighted by molar-refractivity contribution is -0.110. The first kappa shape index (κ1) is 24.5. The monoisotopic (exact) mass is 496 g/mol. The van der Waals surface area contributed by atoms with Gasteiger partial charge in [0, 0.05) is 10.7 Å². The van der Waals surface area contributed by atoms with Gasteiger partial charge in [0.1, 0.15) is 17.4 Å². The molecule has 8 heteroatoms. The zero-order valence-corrected chi connectivity index (χ0v) is 20.0. The van der Waals surface area contributed by atoms with Crippen molar-refractivity contribution in [1.29, 1.82) is 5.26 Å². The molecule has 4 aromatic rings. The largest absolute Gasteiger partial charge is 0.507 e. The topological polar surface area (TPSA) is 115 Å². The van der Waals surface area contributed by atoms with Crippen molar-refractivity contribution < 1.29 is 14.7 Å². The quantitative estimate of drug-likeness (QED) is 0.240. The number of hydrogen-bond donors (Lipinski definition) is 3. The molecule has 0 aliphatic rings. The first-order chi connectivity index (χ1) is 17.4. The van der Waals surface area contributed by atoms with Gasteiger partial charge in [-0.25, -0.2) is 5.43 Å². The highest BCUT2D eigenvalue weighted by Gasteiger charge is 2.27. The number of amides is 2. The summed E-state index contributed by atoms with van der Waals surface area (Å²) in [6.07, 6.45) is 0. The normalized spacial score (nSPS) is 12.0. The zero-order valence-electron chi connectivity index (χ0n) is 19.2. The van der Waals surface area contributed by atoms with Crippen molar-refractivity contribution in [2.45, 2.75) is 12.8 Å². The average molecular weight is 497 g/mol. The Morgan fingerprint density at radius 3 is 2.36 bits per heavy atom. The Labute approximate surface area is 212 Å². The van der Waals surface area contributed by atoms with Gasteiger partial charge in [0.05, 0.1) is 11.6 Å². The second kappa shape index (κ2) is 10.7. The van der Waals surface area contributed by atoms with Gasteiger partial charge in [0.15, 0.2) is 0 Å². The van der Waals surface area contributed by atoms with E-state index in [9.17, 15) is 20.0 Å². The van der Waals surface area contributed by atoms with Gasteiger partial charge in [0.25, 0.3) is 11.8 Å². The van der Waals surface area contributed by atoms with Crippen molar-refractivity contribution in [2.75, 3.05) is 5.32 Å². The van der Waals surface area contributed by atoms with Crippen molar-refractivity contribution in [1.82, 2.24) is 5.43 Å². The maximum absolute atomic E-state index is 13.3. The van der Waals surface area contributed by atoms with Gasteiger partial charge >= 0.3 is 0 Å². The summed E-state index contributed by atoms with van der Waals surface area (Å²) < 4.78 is 0. The number of rotatable bonds is 6. The molecule has 0 aliphatic heterocycles. The van der Waals surface area contributed by atoms with Crippen LogP contribution in [0.4, 0.5) is 5.69 Å². The van der Waals surface area contributed by atoms with Gasteiger partial charge in [0.2, 0.25) is 0 Å². The molecule has 0 bridgehead atoms. The van der Waals surface area contributed by atoms with Gasteiger partial charge in [-0.15, -0.1) is 0 Å². The first-order valence-corrected chi connectivity index (χ1v) is 11.4. The maximum atomic E-state index is 13.3. The Bertz CT molecular complexity index is 1540. The molecule has 178 valence electrons. The van der Waals surface area contributed by atoms with Crippen molar-refractivity contribution >= 4 is 45.6 Å². The molecule has 36 heavy (non-hydrogen) atoms. The second-order valence-electron chi connectivity index (χ2n) is 8.04. The molecular weight excluding hydrogens is 476 g/mol. The Morgan fingerprint density at radius 1 is 0.972 bits per heavy atom. The summed E-state index contributed by atoms with van der Waals surface area (Å²) in [4.78, 5) is 26.2. The number of carbonyl (C=O) groups excluding carboxylic acids is 2. The van der Waals surface area contributed by atoms with Gasteiger partial charge in [-0.3, -0.25) is 9.59 Å². The number of benzene rings is 4. The number of nitriles is 1. The van der Waals surface area contributed by atoms with E-state index in [1.54, 1.807) is 36.4 Å². The number of phenolic OH excluding ortho intramolecular Hbond substituents is 1. The summed E-state index contributed by atoms with van der Waals surface area (Å²) in [6.45, 7) is 1.82. The first-order valence-electron chi connectivity index (χ1n) is 11.0. The number of phenols is 1. The molecular formula is C28H21ClN4O3. The third-order valence-corrected chi connectivity index (χ3v) is 5.84. The molecule has 0 aliphatic carbocycles. The van der Waals surface area contributed by atoms with Gasteiger partial charge < -0.3 is 10.4 Å². The molecule has 7 nitrogen and oxygen atoms in total. The van der Waals surface area contributed by atoms with Crippen LogP contribution in [0.3, 0.4) is 0 Å². The highest BCUT2D eigenvalue weighted by atomic mass is 35.5. The lowest BCUT2D eigenvalue weighted by atomic mass is 9.91. The van der Waals surface area contributed by atoms with Crippen LogP contribution in [0.25, 0.3) is 10.8 Å². The fraction of sp³-hybridized carbons (Fsp3) is 0.0714. The van der Waals surface area contributed by atoms with Crippen LogP contribution >= 0.6 is 11.6 Å². The maximum Gasteiger partial charge on any atom is 0.275 e. The summed E-state index contributed by atoms with van der Waals surface area (Å²) in [7, 11) is 0. The predicted molar refractivity (Wildman–Crippen MR) is 140 cm³/mol. The fourth-order valence-electron chi connectivity index (χ4n) is 3.78. The number of carbonyl (C=O) groups is 2. The lowest BCUT2D eigenvalue weighted by Crippen LogP contribution is -2.32. The molecule has 0 unspecified atom stereocenters. The van der Waals surface area contributed by atoms with Crippen LogP contribution in [0.15, 0.2) is 90.0 Å². The number of aryl methyl sites for hydroxylation is 1. The molecule has 0 radical (unpaired) electrons. The molecule has 0 heterocycles. The summed E-state index contributed by atoms with van der Waals surface area (Å²) >= 11 is 6.03. The standard InChI is InChI=1S/C28H21ClN4O3/c1-17-7-2-5-12-22(17)24(16-30)26(28(36)31-21-11-6-10-20(29)15-21)32-33-27(35)23-13-18-8-3-4-9-19(18)14-25(23)34/h2-15,24,34H,1H3,(H,31,36)(H,33,35)/b32-26+/t24-/m0/s1. The highest BCUT2D eigenvalue weighted by Crippen LogP contribution is 2.26. The summed E-state index contributed by atoms with van der Waals surface area (Å²) in [5.41, 5.74) is 3.86. The van der Waals surface area contributed by atoms with Crippen LogP contribution in [0.2, 0.25) is 5.02 Å². The van der Waals surface area contributed by atoms with E-state index in [4.69, 9.17) is 11.6 Å². The third kappa shape index (κ3) is 5.35. The van der Waals surface area contributed by atoms with E-state index >= 15 is 0 Å². The van der Waals surface area contributed by atoms with Crippen molar-refractivity contribution in [3.05, 3.63) is 107 Å². The fourth-order valence-corrected chi connectivity index (χ4v) is 3.97. The molecule has 0 aromatic heterocycles. The molecule has 0 saturated heterocycles. The molecule has 0 spiro atoms. The molecule has 2 amide bonds. The van der Waals surface area contributed by atoms with Gasteiger partial charge in [-0.1, -0.05) is 66.2 Å². The number of fused-ring (bicyclic) bond motifs is 1. The van der Waals surface area contributed by atoms with E-state index < -0.39 is 17.7 Å². The smallest absolute Gasteiger partial charge is 0.275 e. The van der Waals surface area contributed by atoms with Crippen LogP contribution < -0.4 is 10.7 Å². The third-order valence-electron chi connectivity index (χ3n) is 5.60. The Kier molecular flexibility index (Phi) is 7.28. The molecule has 4 rings (SSSR count). The molecule has 0 fully saturated rings. The van der Waals surface area contributed by atoms with Gasteiger partial charge in [-0.05, 0) is 59.2 Å². The molecule has 3 N–H and O–H groups in total. The van der Waals surface area contributed by atoms with E-state index in [1.807, 2.05) is 43.3 Å². The summed E-state index contributed by atoms with van der Waals surface area (Å²) in [5, 5.41) is 29.1. The molecule has 4 aromatic carbocycles. The summed E-state index contributed by atoms with van der Waals surface area (Å²) in [5.74, 6) is -2.72. The van der Waals surface area contributed by atoms with Crippen molar-refractivity contribution in [3.8, 4) is 11.8 Å². The highest BCUT2D eigenvalue weighted by molar-refractivity contribution is 6.45. The minimum Gasteiger partial charge on any atom is -0.507 e. The number of hydrogen-bond acceptors (Lipinski definition) is 5. The van der Waals surface area contributed by atoms with Crippen LogP contribution in [0.5, 0.6) is 5.75 Å². The lowest BCUT2D eigenvalue weighted by Gasteiger charge is -2.16. The SMILES string of the molecule is Cc1ccccc1[C@H](C#N)/C(=N\NC(=O)c1cc2ccccc2cc1O)C(=O)Nc1cccc(Cl)c1. The number of halogens is 1. The number of nitrogens with zero attached hydrogens (tertiary/aromatic N) is 2. The molecule has 0 saturated carbocycles. The zero-order chi connectivity index (χ0) is 25.7. The van der Waals surface area contributed by atoms with Crippen LogP contribution in [0.1, 0.15) is 27.4 Å². The van der Waals surface area contributed by atoms with Crippen molar-refractivity contribution in [2.24, 2.45) is 5.10 Å². The van der Waals surface area contributed by atoms with Crippen LogP contribution in [0, 0.1) is 18.3 Å². The van der Waals surface area contributed by atoms with E-state index in [0.29, 0.717) is 16.3 Å². The number of anilines is 1. The Hall–Kier alpha value is -4.67. The van der Waals surface area contributed by atoms with Gasteiger partial charge in [-0.2, -0.15) is 10.4 Å². The van der Waals surface area contributed by atoms with E-state index in [-0.39, 0.29) is 17.0 Å². The van der Waals surface area contributed by atoms with E-state index in [2.05, 4.69) is 21.9 Å². The summed E-state index contributed by atoms with van der Waals surface area (Å²) in [6, 6.07) is 26.0.